The van der Waals surface area contributed by atoms with Gasteiger partial charge in [-0.3, -0.25) is 0 Å². The average molecular weight is 481 g/mol. The minimum absolute atomic E-state index is 0.0893. The minimum Gasteiger partial charge on any atom is -0.384 e. The smallest absolute Gasteiger partial charge is 0.146 e. The largest absolute Gasteiger partial charge is 0.384 e. The van der Waals surface area contributed by atoms with E-state index in [0.717, 1.165) is 18.4 Å². The highest BCUT2D eigenvalue weighted by Crippen LogP contribution is 2.41. The molecule has 0 atom stereocenters. The molecule has 0 bridgehead atoms. The third-order valence-corrected chi connectivity index (χ3v) is 13.8. The maximum Gasteiger partial charge on any atom is 0.146 e. The molecule has 1 rings (SSSR count). The molecular formula is C32H52OSi. The summed E-state index contributed by atoms with van der Waals surface area (Å²) in [4.78, 5) is 0. The second-order valence-electron chi connectivity index (χ2n) is 10.9. The summed E-state index contributed by atoms with van der Waals surface area (Å²) in [6.45, 7) is 18.8. The van der Waals surface area contributed by atoms with Crippen LogP contribution in [0.5, 0.6) is 0 Å². The van der Waals surface area contributed by atoms with Gasteiger partial charge in [0.05, 0.1) is 0 Å². The number of aryl methyl sites for hydroxylation is 2. The third-order valence-electron chi connectivity index (χ3n) is 7.51. The fraction of sp³-hybridized carbons (Fsp3) is 0.688. The topological polar surface area (TPSA) is 20.2 Å². The molecular weight excluding hydrogens is 428 g/mol. The summed E-state index contributed by atoms with van der Waals surface area (Å²) >= 11 is 0. The highest BCUT2D eigenvalue weighted by atomic mass is 28.3. The van der Waals surface area contributed by atoms with Crippen molar-refractivity contribution in [1.29, 1.82) is 0 Å². The number of hydrogen-bond donors (Lipinski definition) is 1. The third kappa shape index (κ3) is 8.95. The molecule has 1 aromatic carbocycles. The van der Waals surface area contributed by atoms with Crippen LogP contribution in [0.4, 0.5) is 0 Å². The van der Waals surface area contributed by atoms with Gasteiger partial charge in [0.25, 0.3) is 0 Å². The number of aliphatic hydroxyl groups excluding tert-OH is 1. The van der Waals surface area contributed by atoms with E-state index in [0.29, 0.717) is 16.6 Å². The first-order valence-electron chi connectivity index (χ1n) is 14.0. The van der Waals surface area contributed by atoms with Crippen LogP contribution in [0.15, 0.2) is 12.1 Å². The van der Waals surface area contributed by atoms with Crippen LogP contribution in [0, 0.1) is 23.3 Å². The first kappa shape index (κ1) is 30.5. The van der Waals surface area contributed by atoms with Crippen molar-refractivity contribution < 1.29 is 5.11 Å². The van der Waals surface area contributed by atoms with Crippen LogP contribution in [-0.2, 0) is 12.8 Å². The van der Waals surface area contributed by atoms with Crippen molar-refractivity contribution in [2.24, 2.45) is 0 Å². The van der Waals surface area contributed by atoms with Crippen LogP contribution in [0.1, 0.15) is 129 Å². The van der Waals surface area contributed by atoms with E-state index in [9.17, 15) is 5.11 Å². The molecule has 0 unspecified atom stereocenters. The standard InChI is InChI=1S/C32H52OSi/c1-9-11-13-15-18-29-25-32(21-23-34(26(3)4,27(5)6)28(7)8)30(19-16-14-12-10-2)24-31(29)20-17-22-33/h24-28,33H,9-16,18-19,22H2,1-8H3. The fourth-order valence-electron chi connectivity index (χ4n) is 5.56. The van der Waals surface area contributed by atoms with Gasteiger partial charge < -0.3 is 5.11 Å². The summed E-state index contributed by atoms with van der Waals surface area (Å²) in [5.74, 6) is 9.95. The minimum atomic E-state index is -1.79. The number of aliphatic hydroxyl groups is 1. The molecule has 0 saturated heterocycles. The van der Waals surface area contributed by atoms with Crippen molar-refractivity contribution in [3.8, 4) is 23.3 Å². The molecule has 2 heteroatoms. The molecule has 0 heterocycles. The molecule has 0 aliphatic heterocycles. The van der Waals surface area contributed by atoms with Crippen LogP contribution < -0.4 is 0 Å². The van der Waals surface area contributed by atoms with Gasteiger partial charge in [0.2, 0.25) is 0 Å². The normalized spacial score (nSPS) is 11.5. The van der Waals surface area contributed by atoms with E-state index in [-0.39, 0.29) is 6.61 Å². The second kappa shape index (κ2) is 16.2. The average Bonchev–Trinajstić information content (AvgIpc) is 2.79. The van der Waals surface area contributed by atoms with Crippen LogP contribution in [-0.4, -0.2) is 19.8 Å². The molecule has 1 nitrogen and oxygen atoms in total. The van der Waals surface area contributed by atoms with Crippen molar-refractivity contribution in [2.45, 2.75) is 136 Å². The Balaban J connectivity index is 3.56. The predicted octanol–water partition coefficient (Wildman–Crippen LogP) is 8.85. The molecule has 0 spiro atoms. The van der Waals surface area contributed by atoms with E-state index in [2.05, 4.69) is 90.8 Å². The van der Waals surface area contributed by atoms with Crippen molar-refractivity contribution in [1.82, 2.24) is 0 Å². The molecule has 0 amide bonds. The summed E-state index contributed by atoms with van der Waals surface area (Å²) in [5.41, 5.74) is 10.9. The lowest BCUT2D eigenvalue weighted by atomic mass is 9.92. The van der Waals surface area contributed by atoms with Crippen molar-refractivity contribution >= 4 is 8.07 Å². The van der Waals surface area contributed by atoms with Crippen molar-refractivity contribution in [3.63, 3.8) is 0 Å². The Morgan fingerprint density at radius 1 is 0.676 bits per heavy atom. The maximum absolute atomic E-state index is 9.33. The van der Waals surface area contributed by atoms with Crippen molar-refractivity contribution in [2.75, 3.05) is 6.61 Å². The van der Waals surface area contributed by atoms with Gasteiger partial charge >= 0.3 is 0 Å². The van der Waals surface area contributed by atoms with Crippen LogP contribution in [0.25, 0.3) is 0 Å². The molecule has 0 radical (unpaired) electrons. The molecule has 0 aliphatic rings. The summed E-state index contributed by atoms with van der Waals surface area (Å²) in [7, 11) is -1.79. The molecule has 0 aliphatic carbocycles. The summed E-state index contributed by atoms with van der Waals surface area (Å²) in [6, 6.07) is 4.66. The van der Waals surface area contributed by atoms with E-state index in [1.165, 1.54) is 68.1 Å². The highest BCUT2D eigenvalue weighted by molar-refractivity contribution is 6.90. The highest BCUT2D eigenvalue weighted by Gasteiger charge is 2.41. The molecule has 0 aromatic heterocycles. The van der Waals surface area contributed by atoms with Crippen LogP contribution >= 0.6 is 0 Å². The number of hydrogen-bond acceptors (Lipinski definition) is 1. The zero-order chi connectivity index (χ0) is 25.6. The van der Waals surface area contributed by atoms with E-state index >= 15 is 0 Å². The van der Waals surface area contributed by atoms with Gasteiger partial charge in [-0.05, 0) is 65.6 Å². The van der Waals surface area contributed by atoms with E-state index in [1.807, 2.05) is 0 Å². The number of benzene rings is 1. The molecule has 34 heavy (non-hydrogen) atoms. The van der Waals surface area contributed by atoms with Crippen LogP contribution in [0.3, 0.4) is 0 Å². The Labute approximate surface area is 213 Å². The molecule has 1 aromatic rings. The van der Waals surface area contributed by atoms with Gasteiger partial charge in [0.15, 0.2) is 0 Å². The zero-order valence-electron chi connectivity index (χ0n) is 23.6. The van der Waals surface area contributed by atoms with Gasteiger partial charge in [0.1, 0.15) is 14.7 Å². The Hall–Kier alpha value is -1.48. The zero-order valence-corrected chi connectivity index (χ0v) is 24.6. The van der Waals surface area contributed by atoms with Gasteiger partial charge in [-0.1, -0.05) is 112 Å². The Morgan fingerprint density at radius 2 is 1.12 bits per heavy atom. The lowest BCUT2D eigenvalue weighted by Crippen LogP contribution is -2.43. The van der Waals surface area contributed by atoms with Crippen LogP contribution in [0.2, 0.25) is 16.6 Å². The van der Waals surface area contributed by atoms with Crippen molar-refractivity contribution in [3.05, 3.63) is 34.4 Å². The summed E-state index contributed by atoms with van der Waals surface area (Å²) in [5, 5.41) is 9.33. The number of rotatable bonds is 13. The van der Waals surface area contributed by atoms with Gasteiger partial charge in [0, 0.05) is 11.1 Å². The van der Waals surface area contributed by atoms with E-state index < -0.39 is 8.07 Å². The first-order chi connectivity index (χ1) is 16.2. The SMILES string of the molecule is CCCCCCc1cc(C#C[Si](C(C)C)(C(C)C)C(C)C)c(CCCCCC)cc1C#CCO. The lowest BCUT2D eigenvalue weighted by Gasteiger charge is -2.38. The van der Waals surface area contributed by atoms with E-state index in [1.54, 1.807) is 0 Å². The Bertz CT molecular complexity index is 820. The van der Waals surface area contributed by atoms with Gasteiger partial charge in [-0.15, -0.1) is 5.54 Å². The lowest BCUT2D eigenvalue weighted by molar-refractivity contribution is 0.350. The predicted molar refractivity (Wildman–Crippen MR) is 154 cm³/mol. The van der Waals surface area contributed by atoms with Gasteiger partial charge in [-0.2, -0.15) is 0 Å². The first-order valence-corrected chi connectivity index (χ1v) is 16.3. The second-order valence-corrected chi connectivity index (χ2v) is 16.5. The monoisotopic (exact) mass is 480 g/mol. The van der Waals surface area contributed by atoms with E-state index in [4.69, 9.17) is 0 Å². The maximum atomic E-state index is 9.33. The molecule has 0 saturated carbocycles. The fourth-order valence-corrected chi connectivity index (χ4v) is 10.8. The quantitative estimate of drug-likeness (QED) is 0.170. The van der Waals surface area contributed by atoms with Gasteiger partial charge in [-0.25, -0.2) is 0 Å². The summed E-state index contributed by atoms with van der Waals surface area (Å²) < 4.78 is 0. The molecule has 190 valence electrons. The molecule has 0 fully saturated rings. The Kier molecular flexibility index (Phi) is 14.6. The number of unbranched alkanes of at least 4 members (excludes halogenated alkanes) is 6. The Morgan fingerprint density at radius 3 is 1.50 bits per heavy atom. The summed E-state index contributed by atoms with van der Waals surface area (Å²) in [6.07, 6.45) is 12.1. The molecule has 1 N–H and O–H groups in total.